The van der Waals surface area contributed by atoms with E-state index >= 15 is 0 Å². The van der Waals surface area contributed by atoms with Crippen LogP contribution < -0.4 is 9.64 Å². The summed E-state index contributed by atoms with van der Waals surface area (Å²) in [6.45, 7) is 4.24. The standard InChI is InChI=1S/C23H26N4O2/c1-3-7-18(8-4-1)21(17-28-20-9-5-2-6-10-20)26-13-15-27(16-14-26)23-25-24-22(29-23)19-11-12-19/h1-10,19,21H,11-17H2. The van der Waals surface area contributed by atoms with Gasteiger partial charge < -0.3 is 14.1 Å². The molecule has 0 bridgehead atoms. The Morgan fingerprint density at radius 3 is 2.28 bits per heavy atom. The van der Waals surface area contributed by atoms with Crippen molar-refractivity contribution in [2.75, 3.05) is 37.7 Å². The average Bonchev–Trinajstić information content (AvgIpc) is 3.52. The van der Waals surface area contributed by atoms with Crippen LogP contribution >= 0.6 is 0 Å². The van der Waals surface area contributed by atoms with Crippen molar-refractivity contribution in [3.63, 3.8) is 0 Å². The molecule has 1 unspecified atom stereocenters. The Balaban J connectivity index is 1.25. The molecule has 1 saturated carbocycles. The first-order chi connectivity index (χ1) is 14.4. The number of nitrogens with zero attached hydrogens (tertiary/aromatic N) is 4. The van der Waals surface area contributed by atoms with Crippen LogP contribution in [0, 0.1) is 0 Å². The lowest BCUT2D eigenvalue weighted by Crippen LogP contribution is -2.49. The van der Waals surface area contributed by atoms with Gasteiger partial charge in [0.1, 0.15) is 12.4 Å². The van der Waals surface area contributed by atoms with Crippen molar-refractivity contribution in [2.24, 2.45) is 0 Å². The van der Waals surface area contributed by atoms with Crippen molar-refractivity contribution < 1.29 is 9.15 Å². The van der Waals surface area contributed by atoms with Crippen LogP contribution in [0.3, 0.4) is 0 Å². The van der Waals surface area contributed by atoms with Crippen LogP contribution in [0.5, 0.6) is 5.75 Å². The van der Waals surface area contributed by atoms with Crippen molar-refractivity contribution in [3.8, 4) is 5.75 Å². The van der Waals surface area contributed by atoms with E-state index in [0.29, 0.717) is 18.5 Å². The van der Waals surface area contributed by atoms with Crippen LogP contribution in [0.2, 0.25) is 0 Å². The molecule has 1 aromatic heterocycles. The maximum atomic E-state index is 6.13. The van der Waals surface area contributed by atoms with Gasteiger partial charge in [0.15, 0.2) is 0 Å². The third kappa shape index (κ3) is 4.27. The lowest BCUT2D eigenvalue weighted by atomic mass is 10.1. The van der Waals surface area contributed by atoms with Crippen molar-refractivity contribution in [3.05, 3.63) is 72.1 Å². The van der Waals surface area contributed by atoms with Crippen LogP contribution in [-0.4, -0.2) is 47.9 Å². The summed E-state index contributed by atoms with van der Waals surface area (Å²) < 4.78 is 12.0. The maximum Gasteiger partial charge on any atom is 0.318 e. The monoisotopic (exact) mass is 390 g/mol. The molecule has 1 aliphatic carbocycles. The fourth-order valence-electron chi connectivity index (χ4n) is 3.85. The molecule has 3 aromatic rings. The zero-order chi connectivity index (χ0) is 19.5. The van der Waals surface area contributed by atoms with Crippen molar-refractivity contribution >= 4 is 6.01 Å². The summed E-state index contributed by atoms with van der Waals surface area (Å²) in [5, 5.41) is 8.50. The maximum absolute atomic E-state index is 6.13. The summed E-state index contributed by atoms with van der Waals surface area (Å²) in [4.78, 5) is 4.70. The number of anilines is 1. The topological polar surface area (TPSA) is 54.6 Å². The summed E-state index contributed by atoms with van der Waals surface area (Å²) in [5.74, 6) is 2.21. The average molecular weight is 390 g/mol. The lowest BCUT2D eigenvalue weighted by Gasteiger charge is -2.38. The van der Waals surface area contributed by atoms with E-state index in [1.807, 2.05) is 30.3 Å². The van der Waals surface area contributed by atoms with E-state index in [-0.39, 0.29) is 6.04 Å². The fraction of sp³-hybridized carbons (Fsp3) is 0.391. The smallest absolute Gasteiger partial charge is 0.318 e. The molecular formula is C23H26N4O2. The SMILES string of the molecule is c1ccc(OCC(c2ccccc2)N2CCN(c3nnc(C4CC4)o3)CC2)cc1. The third-order valence-electron chi connectivity index (χ3n) is 5.72. The van der Waals surface area contributed by atoms with E-state index in [1.54, 1.807) is 0 Å². The van der Waals surface area contributed by atoms with Crippen LogP contribution in [0.15, 0.2) is 65.1 Å². The quantitative estimate of drug-likeness (QED) is 0.610. The first-order valence-electron chi connectivity index (χ1n) is 10.4. The molecule has 5 rings (SSSR count). The highest BCUT2D eigenvalue weighted by molar-refractivity contribution is 5.27. The molecule has 1 aliphatic heterocycles. The summed E-state index contributed by atoms with van der Waals surface area (Å²) in [5.41, 5.74) is 1.28. The van der Waals surface area contributed by atoms with Gasteiger partial charge in [-0.2, -0.15) is 0 Å². The molecule has 6 heteroatoms. The first-order valence-corrected chi connectivity index (χ1v) is 10.4. The normalized spacial score (nSPS) is 18.6. The van der Waals surface area contributed by atoms with Gasteiger partial charge in [-0.25, -0.2) is 0 Å². The molecular weight excluding hydrogens is 364 g/mol. The Labute approximate surface area is 171 Å². The molecule has 0 amide bonds. The summed E-state index contributed by atoms with van der Waals surface area (Å²) >= 11 is 0. The van der Waals surface area contributed by atoms with E-state index in [4.69, 9.17) is 9.15 Å². The number of piperazine rings is 1. The molecule has 2 fully saturated rings. The van der Waals surface area contributed by atoms with Gasteiger partial charge in [0, 0.05) is 32.1 Å². The van der Waals surface area contributed by atoms with Gasteiger partial charge in [0.2, 0.25) is 5.89 Å². The number of benzene rings is 2. The number of para-hydroxylation sites is 1. The molecule has 2 heterocycles. The van der Waals surface area contributed by atoms with Crippen molar-refractivity contribution in [1.82, 2.24) is 15.1 Å². The highest BCUT2D eigenvalue weighted by Crippen LogP contribution is 2.40. The minimum atomic E-state index is 0.211. The molecule has 1 atom stereocenters. The second-order valence-electron chi connectivity index (χ2n) is 7.77. The van der Waals surface area contributed by atoms with Crippen LogP contribution in [0.1, 0.15) is 36.3 Å². The van der Waals surface area contributed by atoms with Gasteiger partial charge in [0.05, 0.1) is 6.04 Å². The Bertz CT molecular complexity index is 903. The molecule has 2 aromatic carbocycles. The van der Waals surface area contributed by atoms with Gasteiger partial charge in [-0.3, -0.25) is 4.90 Å². The Kier molecular flexibility index (Phi) is 5.17. The van der Waals surface area contributed by atoms with Crippen molar-refractivity contribution in [2.45, 2.75) is 24.8 Å². The summed E-state index contributed by atoms with van der Waals surface area (Å²) in [6.07, 6.45) is 2.35. The predicted molar refractivity (Wildman–Crippen MR) is 111 cm³/mol. The Morgan fingerprint density at radius 2 is 1.59 bits per heavy atom. The number of hydrogen-bond donors (Lipinski definition) is 0. The molecule has 29 heavy (non-hydrogen) atoms. The van der Waals surface area contributed by atoms with Gasteiger partial charge in [0.25, 0.3) is 0 Å². The van der Waals surface area contributed by atoms with E-state index in [9.17, 15) is 0 Å². The lowest BCUT2D eigenvalue weighted by molar-refractivity contribution is 0.127. The van der Waals surface area contributed by atoms with Gasteiger partial charge in [-0.15, -0.1) is 5.10 Å². The molecule has 150 valence electrons. The van der Waals surface area contributed by atoms with Gasteiger partial charge in [-0.1, -0.05) is 53.6 Å². The molecule has 0 radical (unpaired) electrons. The number of rotatable bonds is 7. The van der Waals surface area contributed by atoms with E-state index < -0.39 is 0 Å². The number of hydrogen-bond acceptors (Lipinski definition) is 6. The van der Waals surface area contributed by atoms with E-state index in [2.05, 4.69) is 50.3 Å². The second kappa shape index (κ2) is 8.25. The second-order valence-corrected chi connectivity index (χ2v) is 7.77. The van der Waals surface area contributed by atoms with Gasteiger partial charge >= 0.3 is 6.01 Å². The molecule has 0 N–H and O–H groups in total. The molecule has 2 aliphatic rings. The van der Waals surface area contributed by atoms with Crippen LogP contribution in [0.4, 0.5) is 6.01 Å². The zero-order valence-corrected chi connectivity index (χ0v) is 16.5. The van der Waals surface area contributed by atoms with Gasteiger partial charge in [-0.05, 0) is 30.5 Å². The van der Waals surface area contributed by atoms with Crippen LogP contribution in [0.25, 0.3) is 0 Å². The summed E-state index contributed by atoms with van der Waals surface area (Å²) in [7, 11) is 0. The highest BCUT2D eigenvalue weighted by atomic mass is 16.5. The molecule has 0 spiro atoms. The minimum absolute atomic E-state index is 0.211. The van der Waals surface area contributed by atoms with Crippen LogP contribution in [-0.2, 0) is 0 Å². The fourth-order valence-corrected chi connectivity index (χ4v) is 3.85. The summed E-state index contributed by atoms with van der Waals surface area (Å²) in [6, 6.07) is 21.5. The Hall–Kier alpha value is -2.86. The Morgan fingerprint density at radius 1 is 0.897 bits per heavy atom. The highest BCUT2D eigenvalue weighted by Gasteiger charge is 2.32. The first kappa shape index (κ1) is 18.2. The number of ether oxygens (including phenoxy) is 1. The molecule has 1 saturated heterocycles. The third-order valence-corrected chi connectivity index (χ3v) is 5.72. The predicted octanol–water partition coefficient (Wildman–Crippen LogP) is 3.89. The van der Waals surface area contributed by atoms with Crippen molar-refractivity contribution in [1.29, 1.82) is 0 Å². The minimum Gasteiger partial charge on any atom is -0.492 e. The van der Waals surface area contributed by atoms with E-state index in [1.165, 1.54) is 18.4 Å². The largest absolute Gasteiger partial charge is 0.492 e. The molecule has 6 nitrogen and oxygen atoms in total. The van der Waals surface area contributed by atoms with E-state index in [0.717, 1.165) is 37.8 Å². The number of aromatic nitrogens is 2. The zero-order valence-electron chi connectivity index (χ0n) is 16.5.